The number of esters is 1. The Hall–Kier alpha value is -2.36. The molecule has 0 unspecified atom stereocenters. The molecule has 8 heteroatoms. The van der Waals surface area contributed by atoms with Crippen LogP contribution in [0.5, 0.6) is 11.6 Å². The first-order chi connectivity index (χ1) is 10.7. The van der Waals surface area contributed by atoms with Gasteiger partial charge in [-0.25, -0.2) is 9.78 Å². The lowest BCUT2D eigenvalue weighted by Gasteiger charge is -2.10. The van der Waals surface area contributed by atoms with Crippen LogP contribution >= 0.6 is 22.9 Å². The van der Waals surface area contributed by atoms with E-state index in [0.29, 0.717) is 34.2 Å². The Balaban J connectivity index is 2.07. The molecule has 0 amide bonds. The van der Waals surface area contributed by atoms with Crippen molar-refractivity contribution < 1.29 is 14.3 Å². The maximum absolute atomic E-state index is 11.8. The van der Waals surface area contributed by atoms with Crippen LogP contribution in [0.4, 0.5) is 5.95 Å². The Bertz CT molecular complexity index is 834. The SMILES string of the molecule is COC(=O)c1ccccc1Oc1nc(NI)nc2cc[nH]c12. The highest BCUT2D eigenvalue weighted by Crippen LogP contribution is 2.30. The number of hydrogen-bond donors (Lipinski definition) is 2. The van der Waals surface area contributed by atoms with Crippen molar-refractivity contribution in [3.05, 3.63) is 42.1 Å². The van der Waals surface area contributed by atoms with Crippen LogP contribution < -0.4 is 8.27 Å². The predicted octanol–water partition coefficient (Wildman–Crippen LogP) is 3.30. The second-order valence-electron chi connectivity index (χ2n) is 4.27. The summed E-state index contributed by atoms with van der Waals surface area (Å²) in [5.74, 6) is 0.631. The summed E-state index contributed by atoms with van der Waals surface area (Å²) in [5, 5.41) is 0. The van der Waals surface area contributed by atoms with Gasteiger partial charge in [-0.1, -0.05) is 12.1 Å². The number of ether oxygens (including phenoxy) is 2. The van der Waals surface area contributed by atoms with Gasteiger partial charge < -0.3 is 14.5 Å². The van der Waals surface area contributed by atoms with E-state index in [1.54, 1.807) is 30.5 Å². The second-order valence-corrected chi connectivity index (χ2v) is 4.81. The predicted molar refractivity (Wildman–Crippen MR) is 89.4 cm³/mol. The van der Waals surface area contributed by atoms with E-state index >= 15 is 0 Å². The number of nitrogens with one attached hydrogen (secondary N) is 2. The number of carbonyl (C=O) groups is 1. The Kier molecular flexibility index (Phi) is 4.09. The van der Waals surface area contributed by atoms with Crippen LogP contribution in [0.25, 0.3) is 11.0 Å². The molecule has 0 fully saturated rings. The molecule has 7 nitrogen and oxygen atoms in total. The highest BCUT2D eigenvalue weighted by molar-refractivity contribution is 14.1. The number of aromatic amines is 1. The zero-order valence-corrected chi connectivity index (χ0v) is 13.6. The van der Waals surface area contributed by atoms with E-state index in [4.69, 9.17) is 9.47 Å². The Morgan fingerprint density at radius 3 is 2.86 bits per heavy atom. The topological polar surface area (TPSA) is 89.1 Å². The van der Waals surface area contributed by atoms with Gasteiger partial charge in [-0.2, -0.15) is 4.98 Å². The number of aromatic nitrogens is 3. The van der Waals surface area contributed by atoms with Gasteiger partial charge in [-0.05, 0) is 18.2 Å². The van der Waals surface area contributed by atoms with E-state index in [9.17, 15) is 4.79 Å². The quantitative estimate of drug-likeness (QED) is 0.390. The van der Waals surface area contributed by atoms with Crippen molar-refractivity contribution in [1.29, 1.82) is 0 Å². The van der Waals surface area contributed by atoms with Crippen LogP contribution in [0.1, 0.15) is 10.4 Å². The third kappa shape index (κ3) is 2.69. The molecule has 0 saturated heterocycles. The molecule has 0 bridgehead atoms. The minimum atomic E-state index is -0.473. The molecule has 2 heterocycles. The fourth-order valence-electron chi connectivity index (χ4n) is 1.97. The van der Waals surface area contributed by atoms with E-state index in [2.05, 4.69) is 18.5 Å². The lowest BCUT2D eigenvalue weighted by molar-refractivity contribution is 0.0598. The zero-order valence-electron chi connectivity index (χ0n) is 11.5. The third-order valence-corrected chi connectivity index (χ3v) is 3.44. The molecule has 2 N–H and O–H groups in total. The summed E-state index contributed by atoms with van der Waals surface area (Å²) in [6.07, 6.45) is 1.75. The summed E-state index contributed by atoms with van der Waals surface area (Å²) in [4.78, 5) is 23.4. The number of fused-ring (bicyclic) bond motifs is 1. The molecule has 1 aromatic carbocycles. The van der Waals surface area contributed by atoms with Gasteiger partial charge in [0.2, 0.25) is 11.8 Å². The average molecular weight is 410 g/mol. The monoisotopic (exact) mass is 410 g/mol. The van der Waals surface area contributed by atoms with Gasteiger partial charge in [0.1, 0.15) is 16.8 Å². The summed E-state index contributed by atoms with van der Waals surface area (Å²) >= 11 is 1.94. The molecule has 0 saturated carbocycles. The van der Waals surface area contributed by atoms with Crippen LogP contribution in [-0.2, 0) is 4.74 Å². The van der Waals surface area contributed by atoms with Crippen molar-refractivity contribution >= 4 is 45.8 Å². The zero-order chi connectivity index (χ0) is 15.5. The van der Waals surface area contributed by atoms with Crippen molar-refractivity contribution in [2.24, 2.45) is 0 Å². The smallest absolute Gasteiger partial charge is 0.341 e. The lowest BCUT2D eigenvalue weighted by atomic mass is 10.2. The van der Waals surface area contributed by atoms with Crippen LogP contribution in [0, 0.1) is 0 Å². The van der Waals surface area contributed by atoms with Crippen molar-refractivity contribution in [2.75, 3.05) is 10.6 Å². The van der Waals surface area contributed by atoms with Crippen molar-refractivity contribution in [3.63, 3.8) is 0 Å². The summed E-state index contributed by atoms with van der Waals surface area (Å²) in [6, 6.07) is 8.63. The van der Waals surface area contributed by atoms with Crippen LogP contribution in [0.15, 0.2) is 36.5 Å². The number of rotatable bonds is 4. The molecule has 0 aliphatic carbocycles. The second kappa shape index (κ2) is 6.18. The normalized spacial score (nSPS) is 10.5. The minimum Gasteiger partial charge on any atom is -0.465 e. The van der Waals surface area contributed by atoms with Crippen molar-refractivity contribution in [2.45, 2.75) is 0 Å². The van der Waals surface area contributed by atoms with Crippen molar-refractivity contribution in [3.8, 4) is 11.6 Å². The van der Waals surface area contributed by atoms with Gasteiger partial charge in [0.15, 0.2) is 0 Å². The highest BCUT2D eigenvalue weighted by Gasteiger charge is 2.16. The van der Waals surface area contributed by atoms with E-state index in [-0.39, 0.29) is 0 Å². The number of benzene rings is 1. The first-order valence-electron chi connectivity index (χ1n) is 6.30. The van der Waals surface area contributed by atoms with E-state index in [0.717, 1.165) is 0 Å². The Labute approximate surface area is 139 Å². The number of carbonyl (C=O) groups excluding carboxylic acids is 1. The fraction of sp³-hybridized carbons (Fsp3) is 0.0714. The number of H-pyrrole nitrogens is 1. The van der Waals surface area contributed by atoms with Gasteiger partial charge in [0.25, 0.3) is 0 Å². The summed E-state index contributed by atoms with van der Waals surface area (Å²) in [6.45, 7) is 0. The summed E-state index contributed by atoms with van der Waals surface area (Å²) < 4.78 is 13.4. The van der Waals surface area contributed by atoms with E-state index < -0.39 is 5.97 Å². The van der Waals surface area contributed by atoms with Crippen LogP contribution in [0.3, 0.4) is 0 Å². The molecule has 0 spiro atoms. The number of nitrogens with zero attached hydrogens (tertiary/aromatic N) is 2. The van der Waals surface area contributed by atoms with E-state index in [1.165, 1.54) is 7.11 Å². The highest BCUT2D eigenvalue weighted by atomic mass is 127. The standard InChI is InChI=1S/C14H11IN4O3/c1-21-13(20)8-4-2-3-5-10(8)22-12-11-9(6-7-16-11)17-14(18-12)19-15/h2-7,16H,1H3,(H,17,18,19). The molecule has 3 rings (SSSR count). The minimum absolute atomic E-state index is 0.325. The molecule has 22 heavy (non-hydrogen) atoms. The number of hydrogen-bond acceptors (Lipinski definition) is 6. The van der Waals surface area contributed by atoms with Gasteiger partial charge in [-0.15, -0.1) is 0 Å². The molecular formula is C14H11IN4O3. The molecule has 0 aliphatic rings. The van der Waals surface area contributed by atoms with Crippen LogP contribution in [0.2, 0.25) is 0 Å². The van der Waals surface area contributed by atoms with Gasteiger partial charge in [-0.3, -0.25) is 3.53 Å². The first kappa shape index (κ1) is 14.6. The average Bonchev–Trinajstić information content (AvgIpc) is 3.03. The van der Waals surface area contributed by atoms with Gasteiger partial charge in [0.05, 0.1) is 35.5 Å². The Morgan fingerprint density at radius 1 is 1.27 bits per heavy atom. The molecule has 2 aromatic heterocycles. The maximum Gasteiger partial charge on any atom is 0.341 e. The van der Waals surface area contributed by atoms with Crippen molar-refractivity contribution in [1.82, 2.24) is 15.0 Å². The summed E-state index contributed by atoms with van der Waals surface area (Å²) in [7, 11) is 1.32. The molecule has 0 radical (unpaired) electrons. The van der Waals surface area contributed by atoms with Crippen LogP contribution in [-0.4, -0.2) is 28.0 Å². The van der Waals surface area contributed by atoms with Gasteiger partial charge in [0, 0.05) is 6.20 Å². The lowest BCUT2D eigenvalue weighted by Crippen LogP contribution is -2.04. The molecule has 0 atom stereocenters. The number of methoxy groups -OCH3 is 1. The number of anilines is 1. The fourth-order valence-corrected chi connectivity index (χ4v) is 2.21. The molecule has 3 aromatic rings. The number of halogens is 1. The third-order valence-electron chi connectivity index (χ3n) is 2.96. The number of para-hydroxylation sites is 1. The maximum atomic E-state index is 11.8. The Morgan fingerprint density at radius 2 is 2.09 bits per heavy atom. The molecular weight excluding hydrogens is 399 g/mol. The summed E-state index contributed by atoms with van der Waals surface area (Å²) in [5.41, 5.74) is 1.68. The van der Waals surface area contributed by atoms with E-state index in [1.807, 2.05) is 28.9 Å². The first-order valence-corrected chi connectivity index (χ1v) is 7.37. The van der Waals surface area contributed by atoms with Gasteiger partial charge >= 0.3 is 5.97 Å². The largest absolute Gasteiger partial charge is 0.465 e. The molecule has 112 valence electrons. The molecule has 0 aliphatic heterocycles.